The number of halogens is 3. The number of fused-ring (bicyclic) bond motifs is 3. The highest BCUT2D eigenvalue weighted by Gasteiger charge is 2.33. The van der Waals surface area contributed by atoms with Crippen LogP contribution < -0.4 is 26.2 Å². The van der Waals surface area contributed by atoms with E-state index in [0.717, 1.165) is 37.4 Å². The number of nitrogens with zero attached hydrogens (tertiary/aromatic N) is 6. The molecule has 0 atom stereocenters. The van der Waals surface area contributed by atoms with E-state index in [-0.39, 0.29) is 30.5 Å². The molecule has 5 N–H and O–H groups in total. The molecule has 5 rings (SSSR count). The molecule has 3 heterocycles. The van der Waals surface area contributed by atoms with Gasteiger partial charge in [-0.2, -0.15) is 5.10 Å². The van der Waals surface area contributed by atoms with Crippen molar-refractivity contribution in [1.29, 1.82) is 0 Å². The van der Waals surface area contributed by atoms with E-state index >= 15 is 0 Å². The fraction of sp³-hybridized carbons (Fsp3) is 0.417. The maximum Gasteiger partial charge on any atom is 0.573 e. The lowest BCUT2D eigenvalue weighted by Gasteiger charge is -2.34. The first-order chi connectivity index (χ1) is 18.7. The van der Waals surface area contributed by atoms with Crippen molar-refractivity contribution in [2.24, 2.45) is 5.84 Å². The second-order valence-corrected chi connectivity index (χ2v) is 9.31. The lowest BCUT2D eigenvalue weighted by molar-refractivity contribution is -0.274. The maximum absolute atomic E-state index is 13.2. The summed E-state index contributed by atoms with van der Waals surface area (Å²) >= 11 is 0. The largest absolute Gasteiger partial charge is 0.573 e. The van der Waals surface area contributed by atoms with Crippen LogP contribution in [0, 0.1) is 0 Å². The number of amides is 1. The number of rotatable bonds is 7. The number of likely N-dealkylation sites (N-methyl/N-ethyl adjacent to an activating group) is 1. The Morgan fingerprint density at radius 2 is 1.97 bits per heavy atom. The third-order valence-electron chi connectivity index (χ3n) is 6.75. The number of ether oxygens (including phenoxy) is 1. The van der Waals surface area contributed by atoms with Gasteiger partial charge in [0.25, 0.3) is 5.91 Å². The second kappa shape index (κ2) is 10.7. The van der Waals surface area contributed by atoms with E-state index in [1.54, 1.807) is 18.3 Å². The lowest BCUT2D eigenvalue weighted by atomic mass is 9.93. The van der Waals surface area contributed by atoms with Crippen LogP contribution in [0.1, 0.15) is 21.6 Å². The first kappa shape index (κ1) is 26.6. The van der Waals surface area contributed by atoms with Gasteiger partial charge in [-0.15, -0.1) is 13.2 Å². The van der Waals surface area contributed by atoms with E-state index in [1.165, 1.54) is 10.7 Å². The van der Waals surface area contributed by atoms with Crippen LogP contribution >= 0.6 is 0 Å². The Hall–Kier alpha value is -3.95. The van der Waals surface area contributed by atoms with Crippen LogP contribution in [-0.2, 0) is 19.4 Å². The van der Waals surface area contributed by atoms with Crippen LogP contribution in [0.5, 0.6) is 5.75 Å². The molecule has 0 saturated carbocycles. The number of nitrogens with two attached hydrogens (primary N) is 1. The summed E-state index contributed by atoms with van der Waals surface area (Å²) < 4.78 is 45.3. The number of carbonyl (C=O) groups excluding carboxylic acids is 1. The van der Waals surface area contributed by atoms with Gasteiger partial charge in [0.05, 0.1) is 30.2 Å². The van der Waals surface area contributed by atoms with Gasteiger partial charge >= 0.3 is 6.36 Å². The Labute approximate surface area is 221 Å². The van der Waals surface area contributed by atoms with Gasteiger partial charge in [0, 0.05) is 43.6 Å². The summed E-state index contributed by atoms with van der Waals surface area (Å²) in [6.07, 6.45) is -2.32. The molecule has 1 aliphatic carbocycles. The van der Waals surface area contributed by atoms with Crippen LogP contribution in [0.3, 0.4) is 0 Å². The minimum absolute atomic E-state index is 0.0331. The fourth-order valence-electron chi connectivity index (χ4n) is 4.83. The third kappa shape index (κ3) is 5.60. The van der Waals surface area contributed by atoms with Gasteiger partial charge < -0.3 is 25.0 Å². The molecule has 0 spiro atoms. The average Bonchev–Trinajstić information content (AvgIpc) is 3.28. The molecule has 0 radical (unpaired) electrons. The number of carbonyl (C=O) groups is 1. The summed E-state index contributed by atoms with van der Waals surface area (Å²) in [6, 6.07) is 4.45. The monoisotopic (exact) mass is 547 g/mol. The molecule has 1 aliphatic heterocycles. The number of anilines is 3. The Balaban J connectivity index is 1.53. The van der Waals surface area contributed by atoms with Crippen molar-refractivity contribution in [3.8, 4) is 17.1 Å². The molecular formula is C24H28F3N9O3. The Morgan fingerprint density at radius 1 is 1.21 bits per heavy atom. The van der Waals surface area contributed by atoms with Gasteiger partial charge in [-0.25, -0.2) is 15.8 Å². The highest BCUT2D eigenvalue weighted by Crippen LogP contribution is 2.38. The average molecular weight is 548 g/mol. The van der Waals surface area contributed by atoms with Crippen molar-refractivity contribution < 1.29 is 27.8 Å². The molecule has 3 aromatic rings. The molecule has 1 amide bonds. The summed E-state index contributed by atoms with van der Waals surface area (Å²) in [7, 11) is 2.02. The molecule has 1 aromatic carbocycles. The number of alkyl halides is 3. The van der Waals surface area contributed by atoms with Crippen molar-refractivity contribution >= 4 is 23.2 Å². The molecule has 0 bridgehead atoms. The third-order valence-corrected chi connectivity index (χ3v) is 6.75. The number of nitrogen functional groups attached to an aromatic ring is 1. The number of nitrogens with one attached hydrogen (secondary N) is 2. The number of aryl methyl sites for hydroxylation is 1. The standard InChI is InChI=1S/C24H28F3N9O3/c1-34-6-8-35(9-7-34)15-3-5-18(39-24(25,26)27)17(12-15)30-23-29-13-14-2-4-16-20(22(38)32-28)33-36(10-11-37)21(16)19(14)31-23/h3,5,12-13,37H,2,4,6-11,28H2,1H3,(H,32,38)(H,29,30,31). The van der Waals surface area contributed by atoms with E-state index in [2.05, 4.69) is 40.3 Å². The van der Waals surface area contributed by atoms with Gasteiger partial charge in [0.15, 0.2) is 11.4 Å². The summed E-state index contributed by atoms with van der Waals surface area (Å²) in [5.74, 6) is 4.36. The maximum atomic E-state index is 13.2. The summed E-state index contributed by atoms with van der Waals surface area (Å²) in [4.78, 5) is 25.5. The normalized spacial score (nSPS) is 15.5. The summed E-state index contributed by atoms with van der Waals surface area (Å²) in [6.45, 7) is 2.96. The van der Waals surface area contributed by atoms with Gasteiger partial charge in [-0.05, 0) is 43.7 Å². The summed E-state index contributed by atoms with van der Waals surface area (Å²) in [5, 5.41) is 16.8. The highest BCUT2D eigenvalue weighted by atomic mass is 19.4. The number of aromatic nitrogens is 4. The number of hydrogen-bond acceptors (Lipinski definition) is 10. The zero-order chi connectivity index (χ0) is 27.7. The zero-order valence-corrected chi connectivity index (χ0v) is 21.1. The Bertz CT molecular complexity index is 1370. The number of benzene rings is 1. The SMILES string of the molecule is CN1CCN(c2ccc(OC(F)(F)F)c(Nc3ncc4c(n3)-c3c(c(C(=O)NN)nn3CCO)CC4)c2)CC1. The predicted octanol–water partition coefficient (Wildman–Crippen LogP) is 1.43. The second-order valence-electron chi connectivity index (χ2n) is 9.31. The van der Waals surface area contributed by atoms with Crippen molar-refractivity contribution in [1.82, 2.24) is 30.1 Å². The molecule has 1 fully saturated rings. The van der Waals surface area contributed by atoms with E-state index in [9.17, 15) is 23.1 Å². The van der Waals surface area contributed by atoms with Gasteiger partial charge in [0.2, 0.25) is 5.95 Å². The van der Waals surface area contributed by atoms with Crippen LogP contribution in [0.4, 0.5) is 30.5 Å². The van der Waals surface area contributed by atoms with E-state index in [1.807, 2.05) is 7.05 Å². The van der Waals surface area contributed by atoms with Crippen molar-refractivity contribution in [2.75, 3.05) is 50.1 Å². The smallest absolute Gasteiger partial charge is 0.404 e. The van der Waals surface area contributed by atoms with E-state index < -0.39 is 18.0 Å². The highest BCUT2D eigenvalue weighted by molar-refractivity contribution is 5.95. The van der Waals surface area contributed by atoms with Crippen LogP contribution in [-0.4, -0.2) is 81.9 Å². The quantitative estimate of drug-likeness (QED) is 0.195. The first-order valence-electron chi connectivity index (χ1n) is 12.3. The molecule has 1 saturated heterocycles. The number of aliphatic hydroxyl groups excluding tert-OH is 1. The van der Waals surface area contributed by atoms with Crippen molar-refractivity contribution in [3.63, 3.8) is 0 Å². The van der Waals surface area contributed by atoms with Gasteiger partial charge in [0.1, 0.15) is 0 Å². The predicted molar refractivity (Wildman–Crippen MR) is 136 cm³/mol. The Morgan fingerprint density at radius 3 is 2.67 bits per heavy atom. The molecule has 0 unspecified atom stereocenters. The zero-order valence-electron chi connectivity index (χ0n) is 21.1. The molecular weight excluding hydrogens is 519 g/mol. The van der Waals surface area contributed by atoms with Crippen molar-refractivity contribution in [3.05, 3.63) is 41.2 Å². The van der Waals surface area contributed by atoms with E-state index in [4.69, 9.17) is 5.84 Å². The van der Waals surface area contributed by atoms with Crippen molar-refractivity contribution in [2.45, 2.75) is 25.7 Å². The molecule has 12 nitrogen and oxygen atoms in total. The number of hydrazine groups is 1. The van der Waals surface area contributed by atoms with Crippen LogP contribution in [0.15, 0.2) is 24.4 Å². The molecule has 2 aromatic heterocycles. The fourth-order valence-corrected chi connectivity index (χ4v) is 4.83. The van der Waals surface area contributed by atoms with Crippen LogP contribution in [0.2, 0.25) is 0 Å². The molecule has 39 heavy (non-hydrogen) atoms. The summed E-state index contributed by atoms with van der Waals surface area (Å²) in [5.41, 5.74) is 5.35. The number of piperazine rings is 1. The van der Waals surface area contributed by atoms with Crippen LogP contribution in [0.25, 0.3) is 11.4 Å². The minimum Gasteiger partial charge on any atom is -0.404 e. The topological polar surface area (TPSA) is 147 Å². The van der Waals surface area contributed by atoms with E-state index in [0.29, 0.717) is 29.8 Å². The molecule has 15 heteroatoms. The van der Waals surface area contributed by atoms with Gasteiger partial charge in [-0.1, -0.05) is 0 Å². The minimum atomic E-state index is -4.89. The molecule has 2 aliphatic rings. The number of hydrogen-bond donors (Lipinski definition) is 4. The first-order valence-corrected chi connectivity index (χ1v) is 12.3. The Kier molecular flexibility index (Phi) is 7.29. The number of aliphatic hydroxyl groups is 1. The molecule has 208 valence electrons. The lowest BCUT2D eigenvalue weighted by Crippen LogP contribution is -2.44. The van der Waals surface area contributed by atoms with Gasteiger partial charge in [-0.3, -0.25) is 14.9 Å².